The lowest BCUT2D eigenvalue weighted by atomic mass is 10.1. The molecule has 0 aromatic rings. The van der Waals surface area contributed by atoms with E-state index in [1.165, 1.54) is 58.2 Å². The Morgan fingerprint density at radius 3 is 2.53 bits per heavy atom. The van der Waals surface area contributed by atoms with E-state index in [0.29, 0.717) is 0 Å². The van der Waals surface area contributed by atoms with Gasteiger partial charge < -0.3 is 9.80 Å². The minimum absolute atomic E-state index is 0.00542. The maximum absolute atomic E-state index is 11.4. The largest absolute Gasteiger partial charge is 0.345 e. The van der Waals surface area contributed by atoms with Crippen LogP contribution in [0.25, 0.3) is 0 Å². The van der Waals surface area contributed by atoms with Crippen molar-refractivity contribution in [3.05, 3.63) is 0 Å². The lowest BCUT2D eigenvalue weighted by Crippen LogP contribution is -2.30. The molecule has 0 atom stereocenters. The average molecular weight is 265 g/mol. The zero-order valence-corrected chi connectivity index (χ0v) is 12.2. The number of hydrogen-bond acceptors (Lipinski definition) is 3. The molecular formula is C15H27N3O. The first-order chi connectivity index (χ1) is 9.24. The normalized spacial score (nSPS) is 16.0. The highest BCUT2D eigenvalue weighted by Gasteiger charge is 2.09. The van der Waals surface area contributed by atoms with Crippen LogP contribution in [0.2, 0.25) is 0 Å². The lowest BCUT2D eigenvalue weighted by molar-refractivity contribution is -0.128. The van der Waals surface area contributed by atoms with Gasteiger partial charge in [0, 0.05) is 13.6 Å². The zero-order valence-electron chi connectivity index (χ0n) is 12.2. The Bertz CT molecular complexity index is 292. The van der Waals surface area contributed by atoms with E-state index in [1.54, 1.807) is 11.9 Å². The van der Waals surface area contributed by atoms with Crippen molar-refractivity contribution in [1.82, 2.24) is 9.80 Å². The third kappa shape index (κ3) is 7.17. The molecule has 0 aromatic carbocycles. The molecule has 0 bridgehead atoms. The van der Waals surface area contributed by atoms with Crippen molar-refractivity contribution < 1.29 is 4.79 Å². The molecule has 1 saturated heterocycles. The second kappa shape index (κ2) is 9.80. The number of amides is 1. The summed E-state index contributed by atoms with van der Waals surface area (Å²) in [5.41, 5.74) is 0. The SMILES string of the molecule is CN(CCCCCCN1CCCCC1)C(=O)CC#N. The molecular weight excluding hydrogens is 238 g/mol. The standard InChI is InChI=1S/C15H27N3O/c1-17(15(19)9-10-16)11-5-2-3-6-12-18-13-7-4-8-14-18/h2-9,11-14H2,1H3. The summed E-state index contributed by atoms with van der Waals surface area (Å²) in [6, 6.07) is 1.90. The van der Waals surface area contributed by atoms with Crippen molar-refractivity contribution in [3.8, 4) is 6.07 Å². The molecule has 0 saturated carbocycles. The summed E-state index contributed by atoms with van der Waals surface area (Å²) in [5.74, 6) is -0.0594. The highest BCUT2D eigenvalue weighted by atomic mass is 16.2. The van der Waals surface area contributed by atoms with E-state index >= 15 is 0 Å². The van der Waals surface area contributed by atoms with Gasteiger partial charge in [-0.1, -0.05) is 19.3 Å². The second-order valence-electron chi connectivity index (χ2n) is 5.47. The summed E-state index contributed by atoms with van der Waals surface area (Å²) in [5, 5.41) is 8.45. The van der Waals surface area contributed by atoms with Gasteiger partial charge in [-0.25, -0.2) is 0 Å². The molecule has 0 aliphatic carbocycles. The van der Waals surface area contributed by atoms with E-state index in [-0.39, 0.29) is 12.3 Å². The molecule has 0 radical (unpaired) electrons. The Labute approximate surface area is 117 Å². The van der Waals surface area contributed by atoms with Crippen LogP contribution in [0.5, 0.6) is 0 Å². The van der Waals surface area contributed by atoms with Gasteiger partial charge in [-0.3, -0.25) is 4.79 Å². The fourth-order valence-electron chi connectivity index (χ4n) is 2.55. The van der Waals surface area contributed by atoms with Gasteiger partial charge in [0.1, 0.15) is 6.42 Å². The van der Waals surface area contributed by atoms with E-state index in [4.69, 9.17) is 5.26 Å². The molecule has 0 spiro atoms. The molecule has 1 aliphatic heterocycles. The number of hydrogen-bond donors (Lipinski definition) is 0. The number of piperidine rings is 1. The number of carbonyl (C=O) groups excluding carboxylic acids is 1. The first-order valence-electron chi connectivity index (χ1n) is 7.57. The average Bonchev–Trinajstić information content (AvgIpc) is 2.43. The van der Waals surface area contributed by atoms with E-state index < -0.39 is 0 Å². The number of likely N-dealkylation sites (tertiary alicyclic amines) is 1. The minimum Gasteiger partial charge on any atom is -0.345 e. The van der Waals surface area contributed by atoms with E-state index in [2.05, 4.69) is 4.90 Å². The first-order valence-corrected chi connectivity index (χ1v) is 7.57. The third-order valence-electron chi connectivity index (χ3n) is 3.82. The van der Waals surface area contributed by atoms with Gasteiger partial charge in [0.2, 0.25) is 5.91 Å². The van der Waals surface area contributed by atoms with Gasteiger partial charge >= 0.3 is 0 Å². The molecule has 4 nitrogen and oxygen atoms in total. The van der Waals surface area contributed by atoms with Gasteiger partial charge in [-0.2, -0.15) is 5.26 Å². The molecule has 1 heterocycles. The van der Waals surface area contributed by atoms with Crippen LogP contribution < -0.4 is 0 Å². The predicted molar refractivity (Wildman–Crippen MR) is 76.6 cm³/mol. The quantitative estimate of drug-likeness (QED) is 0.633. The van der Waals surface area contributed by atoms with Gasteiger partial charge in [-0.15, -0.1) is 0 Å². The van der Waals surface area contributed by atoms with Crippen molar-refractivity contribution in [2.24, 2.45) is 0 Å². The second-order valence-corrected chi connectivity index (χ2v) is 5.47. The van der Waals surface area contributed by atoms with Crippen molar-refractivity contribution in [2.75, 3.05) is 33.2 Å². The van der Waals surface area contributed by atoms with Crippen LogP contribution in [-0.4, -0.2) is 48.9 Å². The Kier molecular flexibility index (Phi) is 8.24. The van der Waals surface area contributed by atoms with Crippen LogP contribution in [-0.2, 0) is 4.79 Å². The van der Waals surface area contributed by atoms with Gasteiger partial charge in [-0.05, 0) is 45.3 Å². The highest BCUT2D eigenvalue weighted by Crippen LogP contribution is 2.10. The van der Waals surface area contributed by atoms with Gasteiger partial charge in [0.05, 0.1) is 6.07 Å². The van der Waals surface area contributed by atoms with Crippen LogP contribution in [0.4, 0.5) is 0 Å². The summed E-state index contributed by atoms with van der Waals surface area (Å²) < 4.78 is 0. The molecule has 4 heteroatoms. The van der Waals surface area contributed by atoms with Gasteiger partial charge in [0.15, 0.2) is 0 Å². The van der Waals surface area contributed by atoms with Crippen LogP contribution in [0.3, 0.4) is 0 Å². The fourth-order valence-corrected chi connectivity index (χ4v) is 2.55. The van der Waals surface area contributed by atoms with Crippen molar-refractivity contribution in [2.45, 2.75) is 51.4 Å². The van der Waals surface area contributed by atoms with Crippen LogP contribution in [0.1, 0.15) is 51.4 Å². The molecule has 1 rings (SSSR count). The Balaban J connectivity index is 1.93. The summed E-state index contributed by atoms with van der Waals surface area (Å²) >= 11 is 0. The molecule has 0 aromatic heterocycles. The van der Waals surface area contributed by atoms with Crippen LogP contribution in [0, 0.1) is 11.3 Å². The molecule has 1 aliphatic rings. The number of nitrogens with zero attached hydrogens (tertiary/aromatic N) is 3. The van der Waals surface area contributed by atoms with Crippen molar-refractivity contribution >= 4 is 5.91 Å². The van der Waals surface area contributed by atoms with Crippen LogP contribution in [0.15, 0.2) is 0 Å². The summed E-state index contributed by atoms with van der Waals surface area (Å²) in [4.78, 5) is 15.6. The topological polar surface area (TPSA) is 47.3 Å². The summed E-state index contributed by atoms with van der Waals surface area (Å²) in [7, 11) is 1.79. The van der Waals surface area contributed by atoms with E-state index in [1.807, 2.05) is 6.07 Å². The molecule has 0 unspecified atom stereocenters. The number of carbonyl (C=O) groups is 1. The summed E-state index contributed by atoms with van der Waals surface area (Å²) in [6.07, 6.45) is 8.89. The molecule has 1 fully saturated rings. The monoisotopic (exact) mass is 265 g/mol. The zero-order chi connectivity index (χ0) is 13.9. The fraction of sp³-hybridized carbons (Fsp3) is 0.867. The van der Waals surface area contributed by atoms with Crippen molar-refractivity contribution in [3.63, 3.8) is 0 Å². The minimum atomic E-state index is -0.0594. The number of rotatable bonds is 8. The molecule has 108 valence electrons. The number of nitriles is 1. The summed E-state index contributed by atoms with van der Waals surface area (Å²) in [6.45, 7) is 4.59. The molecule has 0 N–H and O–H groups in total. The highest BCUT2D eigenvalue weighted by molar-refractivity contribution is 5.77. The Hall–Kier alpha value is -1.08. The predicted octanol–water partition coefficient (Wildman–Crippen LogP) is 2.40. The molecule has 1 amide bonds. The maximum atomic E-state index is 11.4. The van der Waals surface area contributed by atoms with E-state index in [9.17, 15) is 4.79 Å². The molecule has 19 heavy (non-hydrogen) atoms. The Morgan fingerprint density at radius 1 is 1.16 bits per heavy atom. The number of unbranched alkanes of at least 4 members (excludes halogenated alkanes) is 3. The smallest absolute Gasteiger partial charge is 0.236 e. The van der Waals surface area contributed by atoms with Crippen molar-refractivity contribution in [1.29, 1.82) is 5.26 Å². The van der Waals surface area contributed by atoms with Crippen LogP contribution >= 0.6 is 0 Å². The Morgan fingerprint density at radius 2 is 1.84 bits per heavy atom. The van der Waals surface area contributed by atoms with E-state index in [0.717, 1.165) is 13.0 Å². The maximum Gasteiger partial charge on any atom is 0.236 e. The van der Waals surface area contributed by atoms with Gasteiger partial charge in [0.25, 0.3) is 0 Å². The lowest BCUT2D eigenvalue weighted by Gasteiger charge is -2.26. The first kappa shape index (κ1) is 16.0. The third-order valence-corrected chi connectivity index (χ3v) is 3.82.